The van der Waals surface area contributed by atoms with Crippen molar-refractivity contribution in [1.82, 2.24) is 5.32 Å². The summed E-state index contributed by atoms with van der Waals surface area (Å²) in [5.74, 6) is -0.514. The summed E-state index contributed by atoms with van der Waals surface area (Å²) in [6.07, 6.45) is 0.0582. The molecule has 0 aliphatic rings. The number of rotatable bonds is 7. The highest BCUT2D eigenvalue weighted by Crippen LogP contribution is 2.21. The summed E-state index contributed by atoms with van der Waals surface area (Å²) in [4.78, 5) is 24.0. The van der Waals surface area contributed by atoms with Gasteiger partial charge in [0.15, 0.2) is 0 Å². The molecule has 1 atom stereocenters. The zero-order chi connectivity index (χ0) is 18.2. The normalized spacial score (nSPS) is 11.5. The van der Waals surface area contributed by atoms with E-state index in [1.165, 1.54) is 38.5 Å². The van der Waals surface area contributed by atoms with Gasteiger partial charge in [-0.3, -0.25) is 9.59 Å². The molecule has 0 spiro atoms. The van der Waals surface area contributed by atoms with Crippen LogP contribution in [0.25, 0.3) is 0 Å². The monoisotopic (exact) mass is 345 g/mol. The largest absolute Gasteiger partial charge is 0.496 e. The van der Waals surface area contributed by atoms with Gasteiger partial charge in [-0.25, -0.2) is 4.39 Å². The van der Waals surface area contributed by atoms with E-state index in [-0.39, 0.29) is 24.6 Å². The summed E-state index contributed by atoms with van der Waals surface area (Å²) in [6, 6.07) is 12.2. The van der Waals surface area contributed by atoms with Gasteiger partial charge in [-0.2, -0.15) is 0 Å². The molecule has 0 aliphatic heterocycles. The molecule has 1 amide bonds. The van der Waals surface area contributed by atoms with Gasteiger partial charge in [0.25, 0.3) is 0 Å². The molecule has 132 valence electrons. The van der Waals surface area contributed by atoms with Crippen LogP contribution >= 0.6 is 0 Å². The maximum Gasteiger partial charge on any atom is 0.307 e. The average molecular weight is 345 g/mol. The molecule has 5 nitrogen and oxygen atoms in total. The fourth-order valence-corrected chi connectivity index (χ4v) is 2.46. The minimum Gasteiger partial charge on any atom is -0.496 e. The Labute approximate surface area is 145 Å². The summed E-state index contributed by atoms with van der Waals surface area (Å²) in [5.41, 5.74) is 1.36. The van der Waals surface area contributed by atoms with E-state index in [9.17, 15) is 14.0 Å². The van der Waals surface area contributed by atoms with Crippen molar-refractivity contribution in [3.63, 3.8) is 0 Å². The Morgan fingerprint density at radius 1 is 1.08 bits per heavy atom. The molecule has 0 saturated carbocycles. The predicted molar refractivity (Wildman–Crippen MR) is 90.6 cm³/mol. The number of esters is 1. The zero-order valence-electron chi connectivity index (χ0n) is 14.1. The Bertz CT molecular complexity index is 730. The molecule has 0 aromatic heterocycles. The first-order valence-electron chi connectivity index (χ1n) is 7.77. The molecule has 2 aromatic carbocycles. The van der Waals surface area contributed by atoms with Crippen molar-refractivity contribution in [1.29, 1.82) is 0 Å². The second-order valence-corrected chi connectivity index (χ2v) is 5.44. The number of benzene rings is 2. The van der Waals surface area contributed by atoms with Gasteiger partial charge >= 0.3 is 5.97 Å². The van der Waals surface area contributed by atoms with Gasteiger partial charge in [0, 0.05) is 5.56 Å². The van der Waals surface area contributed by atoms with Crippen molar-refractivity contribution in [3.8, 4) is 5.75 Å². The number of hydrogen-bond donors (Lipinski definition) is 1. The third-order valence-electron chi connectivity index (χ3n) is 3.75. The van der Waals surface area contributed by atoms with E-state index in [0.717, 1.165) is 5.56 Å². The molecule has 0 bridgehead atoms. The van der Waals surface area contributed by atoms with Crippen molar-refractivity contribution in [3.05, 3.63) is 65.5 Å². The predicted octanol–water partition coefficient (Wildman–Crippen LogP) is 2.80. The number of nitrogens with one attached hydrogen (secondary N) is 1. The maximum atomic E-state index is 13.1. The summed E-state index contributed by atoms with van der Waals surface area (Å²) >= 11 is 0. The molecular formula is C19H20FNO4. The Hall–Kier alpha value is -2.89. The molecule has 0 heterocycles. The fraction of sp³-hybridized carbons (Fsp3) is 0.263. The van der Waals surface area contributed by atoms with Crippen LogP contribution in [-0.2, 0) is 20.7 Å². The first-order chi connectivity index (χ1) is 12.0. The van der Waals surface area contributed by atoms with E-state index >= 15 is 0 Å². The van der Waals surface area contributed by atoms with E-state index in [4.69, 9.17) is 4.74 Å². The lowest BCUT2D eigenvalue weighted by atomic mass is 10.0. The van der Waals surface area contributed by atoms with Crippen LogP contribution in [0, 0.1) is 5.82 Å². The average Bonchev–Trinajstić information content (AvgIpc) is 2.62. The van der Waals surface area contributed by atoms with E-state index in [1.807, 2.05) is 12.1 Å². The summed E-state index contributed by atoms with van der Waals surface area (Å²) < 4.78 is 23.0. The number of halogens is 1. The van der Waals surface area contributed by atoms with Crippen LogP contribution in [0.5, 0.6) is 5.75 Å². The number of carbonyl (C=O) groups is 2. The summed E-state index contributed by atoms with van der Waals surface area (Å²) in [5, 5.41) is 2.80. The van der Waals surface area contributed by atoms with E-state index < -0.39 is 12.0 Å². The Morgan fingerprint density at radius 3 is 2.40 bits per heavy atom. The molecule has 1 unspecified atom stereocenters. The van der Waals surface area contributed by atoms with Gasteiger partial charge in [-0.05, 0) is 23.8 Å². The van der Waals surface area contributed by atoms with Crippen LogP contribution in [0.3, 0.4) is 0 Å². The highest BCUT2D eigenvalue weighted by atomic mass is 19.1. The topological polar surface area (TPSA) is 64.6 Å². The number of amides is 1. The van der Waals surface area contributed by atoms with Gasteiger partial charge in [-0.15, -0.1) is 0 Å². The van der Waals surface area contributed by atoms with Crippen LogP contribution in [0.1, 0.15) is 23.6 Å². The van der Waals surface area contributed by atoms with Crippen LogP contribution in [0.4, 0.5) is 4.39 Å². The molecule has 2 rings (SSSR count). The third-order valence-corrected chi connectivity index (χ3v) is 3.75. The Morgan fingerprint density at radius 2 is 1.76 bits per heavy atom. The Kier molecular flexibility index (Phi) is 6.51. The van der Waals surface area contributed by atoms with Crippen molar-refractivity contribution < 1.29 is 23.5 Å². The number of carbonyl (C=O) groups excluding carboxylic acids is 2. The van der Waals surface area contributed by atoms with Crippen LogP contribution < -0.4 is 10.1 Å². The molecule has 0 fully saturated rings. The molecule has 0 aliphatic carbocycles. The lowest BCUT2D eigenvalue weighted by molar-refractivity contribution is -0.141. The van der Waals surface area contributed by atoms with Crippen molar-refractivity contribution >= 4 is 11.9 Å². The van der Waals surface area contributed by atoms with Gasteiger partial charge in [0.1, 0.15) is 11.6 Å². The number of methoxy groups -OCH3 is 2. The minimum absolute atomic E-state index is 0.0419. The van der Waals surface area contributed by atoms with Crippen LogP contribution in [0.2, 0.25) is 0 Å². The van der Waals surface area contributed by atoms with E-state index in [1.54, 1.807) is 12.1 Å². The minimum atomic E-state index is -0.602. The fourth-order valence-electron chi connectivity index (χ4n) is 2.46. The van der Waals surface area contributed by atoms with Gasteiger partial charge < -0.3 is 14.8 Å². The van der Waals surface area contributed by atoms with Crippen molar-refractivity contribution in [2.24, 2.45) is 0 Å². The number of para-hydroxylation sites is 1. The van der Waals surface area contributed by atoms with Gasteiger partial charge in [0.05, 0.1) is 33.1 Å². The summed E-state index contributed by atoms with van der Waals surface area (Å²) in [7, 11) is 2.82. The molecule has 1 N–H and O–H groups in total. The third kappa shape index (κ3) is 5.31. The zero-order valence-corrected chi connectivity index (χ0v) is 14.1. The highest BCUT2D eigenvalue weighted by Gasteiger charge is 2.20. The lowest BCUT2D eigenvalue weighted by Crippen LogP contribution is -2.31. The summed E-state index contributed by atoms with van der Waals surface area (Å²) in [6.45, 7) is 0. The second-order valence-electron chi connectivity index (χ2n) is 5.44. The molecule has 0 radical (unpaired) electrons. The molecular weight excluding hydrogens is 325 g/mol. The van der Waals surface area contributed by atoms with Crippen LogP contribution in [-0.4, -0.2) is 26.1 Å². The number of hydrogen-bond acceptors (Lipinski definition) is 4. The highest BCUT2D eigenvalue weighted by molar-refractivity contribution is 5.80. The van der Waals surface area contributed by atoms with Gasteiger partial charge in [-0.1, -0.05) is 30.3 Å². The maximum absolute atomic E-state index is 13.1. The van der Waals surface area contributed by atoms with E-state index in [0.29, 0.717) is 11.3 Å². The quantitative estimate of drug-likeness (QED) is 0.784. The van der Waals surface area contributed by atoms with Crippen LogP contribution in [0.15, 0.2) is 48.5 Å². The molecule has 6 heteroatoms. The standard InChI is InChI=1S/C19H20FNO4/c1-24-17-6-4-3-5-14(17)11-18(22)21-16(12-19(23)25-2)13-7-9-15(20)10-8-13/h3-10,16H,11-12H2,1-2H3,(H,21,22). The first-order valence-corrected chi connectivity index (χ1v) is 7.77. The second kappa shape index (κ2) is 8.82. The molecule has 0 saturated heterocycles. The SMILES string of the molecule is COC(=O)CC(NC(=O)Cc1ccccc1OC)c1ccc(F)cc1. The molecule has 25 heavy (non-hydrogen) atoms. The number of ether oxygens (including phenoxy) is 2. The van der Waals surface area contributed by atoms with Gasteiger partial charge in [0.2, 0.25) is 5.91 Å². The Balaban J connectivity index is 2.13. The van der Waals surface area contributed by atoms with Crippen molar-refractivity contribution in [2.75, 3.05) is 14.2 Å². The smallest absolute Gasteiger partial charge is 0.307 e. The first kappa shape index (κ1) is 18.4. The molecule has 2 aromatic rings. The van der Waals surface area contributed by atoms with Crippen molar-refractivity contribution in [2.45, 2.75) is 18.9 Å². The lowest BCUT2D eigenvalue weighted by Gasteiger charge is -2.19. The van der Waals surface area contributed by atoms with E-state index in [2.05, 4.69) is 10.1 Å².